The molecule has 0 aromatic rings. The van der Waals surface area contributed by atoms with E-state index in [1.54, 1.807) is 0 Å². The van der Waals surface area contributed by atoms with E-state index in [1.165, 1.54) is 0 Å². The largest absolute Gasteiger partial charge is 0.379 e. The summed E-state index contributed by atoms with van der Waals surface area (Å²) in [4.78, 5) is 4.83. The van der Waals surface area contributed by atoms with Crippen molar-refractivity contribution in [3.05, 3.63) is 0 Å². The van der Waals surface area contributed by atoms with Crippen LogP contribution in [0.5, 0.6) is 0 Å². The van der Waals surface area contributed by atoms with Gasteiger partial charge in [0.1, 0.15) is 0 Å². The van der Waals surface area contributed by atoms with Crippen LogP contribution in [-0.2, 0) is 9.47 Å². The lowest BCUT2D eigenvalue weighted by Crippen LogP contribution is -2.43. The van der Waals surface area contributed by atoms with Crippen molar-refractivity contribution in [2.45, 2.75) is 45.6 Å². The Bertz CT molecular complexity index is 340. The Morgan fingerprint density at radius 3 is 1.39 bits per heavy atom. The van der Waals surface area contributed by atoms with Gasteiger partial charge in [0, 0.05) is 30.0 Å². The van der Waals surface area contributed by atoms with Crippen molar-refractivity contribution in [2.75, 3.05) is 77.2 Å². The van der Waals surface area contributed by atoms with Crippen molar-refractivity contribution in [1.29, 1.82) is 0 Å². The zero-order valence-corrected chi connectivity index (χ0v) is 22.1. The van der Waals surface area contributed by atoms with Gasteiger partial charge in [-0.2, -0.15) is 0 Å². The van der Waals surface area contributed by atoms with E-state index in [4.69, 9.17) is 9.47 Å². The number of rotatable bonds is 14. The number of hydrogen-bond donors (Lipinski definition) is 0. The summed E-state index contributed by atoms with van der Waals surface area (Å²) in [5, 5.41) is 0. The standard InChI is InChI=1S/C20H42N2O2S2.2ClH/c1-7-21(8-2)11-13-23-15-20(17-25-19(5,6)26-18-20)16-24-14-12-22(9-3)10-4;;/h7-18H2,1-6H3;2*1H. The van der Waals surface area contributed by atoms with Crippen LogP contribution in [0.4, 0.5) is 0 Å². The molecule has 1 saturated heterocycles. The highest BCUT2D eigenvalue weighted by Crippen LogP contribution is 2.48. The van der Waals surface area contributed by atoms with Gasteiger partial charge in [-0.25, -0.2) is 0 Å². The molecule has 0 spiro atoms. The van der Waals surface area contributed by atoms with Crippen LogP contribution in [0.2, 0.25) is 0 Å². The first-order chi connectivity index (χ1) is 12.4. The van der Waals surface area contributed by atoms with Gasteiger partial charge >= 0.3 is 0 Å². The fourth-order valence-corrected chi connectivity index (χ4v) is 5.65. The lowest BCUT2D eigenvalue weighted by Gasteiger charge is -2.42. The first-order valence-electron chi connectivity index (χ1n) is 10.3. The molecule has 0 bridgehead atoms. The van der Waals surface area contributed by atoms with Crippen molar-refractivity contribution in [3.8, 4) is 0 Å². The van der Waals surface area contributed by atoms with E-state index in [0.29, 0.717) is 4.08 Å². The maximum Gasteiger partial charge on any atom is 0.0593 e. The molecule has 1 rings (SSSR count). The molecule has 8 heteroatoms. The second-order valence-corrected chi connectivity index (χ2v) is 11.1. The highest BCUT2D eigenvalue weighted by molar-refractivity contribution is 8.18. The molecule has 1 aliphatic heterocycles. The maximum atomic E-state index is 6.14. The Kier molecular flexibility index (Phi) is 18.7. The van der Waals surface area contributed by atoms with Crippen LogP contribution >= 0.6 is 48.3 Å². The molecule has 0 aromatic carbocycles. The third-order valence-electron chi connectivity index (χ3n) is 5.16. The minimum atomic E-state index is 0. The average molecular weight is 480 g/mol. The van der Waals surface area contributed by atoms with Crippen LogP contribution in [0.25, 0.3) is 0 Å². The van der Waals surface area contributed by atoms with Gasteiger partial charge in [-0.05, 0) is 40.0 Å². The summed E-state index contributed by atoms with van der Waals surface area (Å²) in [6.45, 7) is 23.2. The van der Waals surface area contributed by atoms with Crippen molar-refractivity contribution >= 4 is 48.3 Å². The van der Waals surface area contributed by atoms with Crippen molar-refractivity contribution in [2.24, 2.45) is 5.41 Å². The fourth-order valence-electron chi connectivity index (χ4n) is 2.99. The Hall–Kier alpha value is 1.12. The SMILES string of the molecule is CCN(CC)CCOCC1(COCCN(CC)CC)CSC(C)(C)SC1.Cl.Cl. The number of thioether (sulfide) groups is 2. The predicted molar refractivity (Wildman–Crippen MR) is 133 cm³/mol. The summed E-state index contributed by atoms with van der Waals surface area (Å²) < 4.78 is 12.6. The Morgan fingerprint density at radius 1 is 0.714 bits per heavy atom. The number of halogens is 2. The van der Waals surface area contributed by atoms with Gasteiger partial charge in [0.05, 0.1) is 30.5 Å². The van der Waals surface area contributed by atoms with Crippen LogP contribution in [0.1, 0.15) is 41.5 Å². The normalized spacial score (nSPS) is 18.0. The predicted octanol–water partition coefficient (Wildman–Crippen LogP) is 4.75. The third kappa shape index (κ3) is 12.1. The molecule has 0 aliphatic carbocycles. The topological polar surface area (TPSA) is 24.9 Å². The average Bonchev–Trinajstić information content (AvgIpc) is 2.64. The van der Waals surface area contributed by atoms with Crippen molar-refractivity contribution in [3.63, 3.8) is 0 Å². The summed E-state index contributed by atoms with van der Waals surface area (Å²) in [6.07, 6.45) is 0. The van der Waals surface area contributed by atoms with E-state index in [9.17, 15) is 0 Å². The van der Waals surface area contributed by atoms with E-state index in [2.05, 4.69) is 74.9 Å². The van der Waals surface area contributed by atoms with E-state index in [0.717, 1.165) is 77.2 Å². The summed E-state index contributed by atoms with van der Waals surface area (Å²) in [5.74, 6) is 2.26. The summed E-state index contributed by atoms with van der Waals surface area (Å²) in [6, 6.07) is 0. The highest BCUT2D eigenvalue weighted by Gasteiger charge is 2.40. The number of ether oxygens (including phenoxy) is 2. The molecule has 1 fully saturated rings. The molecule has 1 heterocycles. The second kappa shape index (κ2) is 16.8. The summed E-state index contributed by atoms with van der Waals surface area (Å²) >= 11 is 4.11. The molecule has 0 amide bonds. The molecule has 0 N–H and O–H groups in total. The minimum Gasteiger partial charge on any atom is -0.379 e. The maximum absolute atomic E-state index is 6.14. The molecule has 1 aliphatic rings. The number of likely N-dealkylation sites (N-methyl/N-ethyl adjacent to an activating group) is 2. The van der Waals surface area contributed by atoms with E-state index >= 15 is 0 Å². The molecule has 0 unspecified atom stereocenters. The monoisotopic (exact) mass is 478 g/mol. The number of hydrogen-bond acceptors (Lipinski definition) is 6. The molecular formula is C20H44Cl2N2O2S2. The molecule has 28 heavy (non-hydrogen) atoms. The van der Waals surface area contributed by atoms with Gasteiger partial charge in [0.2, 0.25) is 0 Å². The Morgan fingerprint density at radius 2 is 1.07 bits per heavy atom. The van der Waals surface area contributed by atoms with E-state index < -0.39 is 0 Å². The van der Waals surface area contributed by atoms with Crippen LogP contribution in [0.3, 0.4) is 0 Å². The zero-order valence-electron chi connectivity index (χ0n) is 18.8. The summed E-state index contributed by atoms with van der Waals surface area (Å²) in [5.41, 5.74) is 0.150. The van der Waals surface area contributed by atoms with Crippen LogP contribution < -0.4 is 0 Å². The highest BCUT2D eigenvalue weighted by atomic mass is 35.5. The van der Waals surface area contributed by atoms with Crippen molar-refractivity contribution in [1.82, 2.24) is 9.80 Å². The number of nitrogens with zero attached hydrogens (tertiary/aromatic N) is 2. The third-order valence-corrected chi connectivity index (χ3v) is 8.77. The van der Waals surface area contributed by atoms with Crippen LogP contribution in [-0.4, -0.2) is 91.1 Å². The second-order valence-electron chi connectivity index (χ2n) is 7.64. The lowest BCUT2D eigenvalue weighted by molar-refractivity contribution is -0.00765. The first-order valence-corrected chi connectivity index (χ1v) is 12.3. The minimum absolute atomic E-state index is 0. The Labute approximate surface area is 195 Å². The first kappa shape index (κ1) is 31.3. The van der Waals surface area contributed by atoms with Gasteiger partial charge in [-0.15, -0.1) is 48.3 Å². The van der Waals surface area contributed by atoms with Gasteiger partial charge in [0.25, 0.3) is 0 Å². The van der Waals surface area contributed by atoms with Gasteiger partial charge in [-0.3, -0.25) is 0 Å². The van der Waals surface area contributed by atoms with E-state index in [1.807, 2.05) is 0 Å². The molecule has 0 aromatic heterocycles. The zero-order chi connectivity index (χ0) is 19.5. The molecular weight excluding hydrogens is 435 g/mol. The van der Waals surface area contributed by atoms with Gasteiger partial charge < -0.3 is 19.3 Å². The van der Waals surface area contributed by atoms with Crippen LogP contribution in [0, 0.1) is 5.41 Å². The smallest absolute Gasteiger partial charge is 0.0593 e. The molecule has 172 valence electrons. The van der Waals surface area contributed by atoms with Crippen LogP contribution in [0.15, 0.2) is 0 Å². The quantitative estimate of drug-likeness (QED) is 0.334. The van der Waals surface area contributed by atoms with E-state index in [-0.39, 0.29) is 30.2 Å². The molecule has 0 saturated carbocycles. The van der Waals surface area contributed by atoms with Gasteiger partial charge in [0.15, 0.2) is 0 Å². The fraction of sp³-hybridized carbons (Fsp3) is 1.00. The summed E-state index contributed by atoms with van der Waals surface area (Å²) in [7, 11) is 0. The van der Waals surface area contributed by atoms with Gasteiger partial charge in [-0.1, -0.05) is 27.7 Å². The molecule has 0 radical (unpaired) electrons. The van der Waals surface area contributed by atoms with Crippen molar-refractivity contribution < 1.29 is 9.47 Å². The lowest BCUT2D eigenvalue weighted by atomic mass is 9.95. The Balaban J connectivity index is 0. The molecule has 0 atom stereocenters. The molecule has 4 nitrogen and oxygen atoms in total.